The average Bonchev–Trinajstić information content (AvgIpc) is 2.69. The second-order valence-electron chi connectivity index (χ2n) is 5.81. The number of hydrogen-bond acceptors (Lipinski definition) is 6. The topological polar surface area (TPSA) is 94.4 Å². The average molecular weight is 395 g/mol. The first kappa shape index (κ1) is 19.4. The first-order valence-electron chi connectivity index (χ1n) is 8.32. The van der Waals surface area contributed by atoms with Crippen molar-refractivity contribution in [2.45, 2.75) is 16.8 Å². The molecule has 28 heavy (non-hydrogen) atoms. The molecule has 0 bridgehead atoms. The van der Waals surface area contributed by atoms with E-state index in [9.17, 15) is 14.9 Å². The third kappa shape index (κ3) is 4.47. The Morgan fingerprint density at radius 2 is 1.82 bits per heavy atom. The Morgan fingerprint density at radius 3 is 2.50 bits per heavy atom. The van der Waals surface area contributed by atoms with Crippen molar-refractivity contribution in [2.24, 2.45) is 0 Å². The van der Waals surface area contributed by atoms with Crippen molar-refractivity contribution in [3.8, 4) is 5.75 Å². The number of carbonyl (C=O) groups excluding carboxylic acids is 1. The van der Waals surface area contributed by atoms with Crippen LogP contribution in [-0.2, 0) is 0 Å². The number of hydrogen-bond donors (Lipinski definition) is 1. The van der Waals surface area contributed by atoms with E-state index in [4.69, 9.17) is 4.74 Å². The highest BCUT2D eigenvalue weighted by Crippen LogP contribution is 2.31. The van der Waals surface area contributed by atoms with Gasteiger partial charge in [-0.2, -0.15) is 0 Å². The lowest BCUT2D eigenvalue weighted by molar-refractivity contribution is -0.384. The standard InChI is InChI=1S/C20H17N3O4S/c1-13-7-12-16(19(24)22-17-5-3-4-6-18(17)27-2)20(21-13)28-15-10-8-14(9-11-15)23(25)26/h3-12H,1-2H3,(H,22,24). The number of aryl methyl sites for hydroxylation is 1. The molecule has 0 fully saturated rings. The number of anilines is 1. The van der Waals surface area contributed by atoms with Crippen LogP contribution in [0.15, 0.2) is 70.6 Å². The van der Waals surface area contributed by atoms with Gasteiger partial charge < -0.3 is 10.1 Å². The monoisotopic (exact) mass is 395 g/mol. The van der Waals surface area contributed by atoms with E-state index in [0.29, 0.717) is 22.0 Å². The van der Waals surface area contributed by atoms with Crippen LogP contribution in [0.25, 0.3) is 0 Å². The number of nitro groups is 1. The molecule has 8 heteroatoms. The van der Waals surface area contributed by atoms with Gasteiger partial charge in [0.25, 0.3) is 11.6 Å². The van der Waals surface area contributed by atoms with E-state index in [2.05, 4.69) is 10.3 Å². The maximum atomic E-state index is 12.8. The van der Waals surface area contributed by atoms with E-state index in [1.165, 1.54) is 31.0 Å². The molecule has 1 N–H and O–H groups in total. The number of methoxy groups -OCH3 is 1. The molecule has 0 radical (unpaired) electrons. The van der Waals surface area contributed by atoms with Crippen LogP contribution in [0, 0.1) is 17.0 Å². The molecule has 1 amide bonds. The van der Waals surface area contributed by atoms with Gasteiger partial charge in [0, 0.05) is 22.7 Å². The zero-order valence-electron chi connectivity index (χ0n) is 15.2. The van der Waals surface area contributed by atoms with E-state index in [0.717, 1.165) is 10.6 Å². The maximum absolute atomic E-state index is 12.8. The highest BCUT2D eigenvalue weighted by Gasteiger charge is 2.16. The number of aromatic nitrogens is 1. The van der Waals surface area contributed by atoms with Crippen molar-refractivity contribution in [1.29, 1.82) is 0 Å². The van der Waals surface area contributed by atoms with Crippen molar-refractivity contribution in [2.75, 3.05) is 12.4 Å². The van der Waals surface area contributed by atoms with E-state index < -0.39 is 4.92 Å². The van der Waals surface area contributed by atoms with E-state index in [1.807, 2.05) is 13.0 Å². The highest BCUT2D eigenvalue weighted by molar-refractivity contribution is 7.99. The molecular weight excluding hydrogens is 378 g/mol. The van der Waals surface area contributed by atoms with Crippen LogP contribution in [0.4, 0.5) is 11.4 Å². The number of rotatable bonds is 6. The summed E-state index contributed by atoms with van der Waals surface area (Å²) in [5.41, 5.74) is 1.73. The summed E-state index contributed by atoms with van der Waals surface area (Å²) in [7, 11) is 1.54. The molecule has 0 spiro atoms. The van der Waals surface area contributed by atoms with Crippen molar-refractivity contribution >= 4 is 29.0 Å². The first-order chi connectivity index (χ1) is 13.5. The van der Waals surface area contributed by atoms with Crippen LogP contribution in [0.3, 0.4) is 0 Å². The zero-order chi connectivity index (χ0) is 20.1. The Bertz CT molecular complexity index is 1020. The number of benzene rings is 2. The van der Waals surface area contributed by atoms with Crippen LogP contribution in [0.2, 0.25) is 0 Å². The van der Waals surface area contributed by atoms with Gasteiger partial charge in [-0.05, 0) is 43.3 Å². The van der Waals surface area contributed by atoms with Gasteiger partial charge in [-0.3, -0.25) is 14.9 Å². The van der Waals surface area contributed by atoms with Gasteiger partial charge in [0.1, 0.15) is 10.8 Å². The van der Waals surface area contributed by atoms with Crippen LogP contribution in [0.1, 0.15) is 16.1 Å². The Kier molecular flexibility index (Phi) is 5.90. The highest BCUT2D eigenvalue weighted by atomic mass is 32.2. The lowest BCUT2D eigenvalue weighted by atomic mass is 10.2. The number of non-ortho nitro benzene ring substituents is 1. The number of amides is 1. The van der Waals surface area contributed by atoms with E-state index in [1.54, 1.807) is 42.5 Å². The molecule has 0 atom stereocenters. The molecule has 0 aliphatic carbocycles. The zero-order valence-corrected chi connectivity index (χ0v) is 16.0. The molecule has 0 unspecified atom stereocenters. The summed E-state index contributed by atoms with van der Waals surface area (Å²) < 4.78 is 5.27. The summed E-state index contributed by atoms with van der Waals surface area (Å²) in [6, 6.07) is 16.7. The fourth-order valence-corrected chi connectivity index (χ4v) is 3.42. The Morgan fingerprint density at radius 1 is 1.11 bits per heavy atom. The summed E-state index contributed by atoms with van der Waals surface area (Å²) >= 11 is 1.27. The molecule has 3 rings (SSSR count). The Labute approximate surface area is 165 Å². The largest absolute Gasteiger partial charge is 0.495 e. The van der Waals surface area contributed by atoms with Gasteiger partial charge in [0.15, 0.2) is 0 Å². The molecule has 7 nitrogen and oxygen atoms in total. The molecule has 0 saturated heterocycles. The quantitative estimate of drug-likeness (QED) is 0.480. The van der Waals surface area contributed by atoms with Crippen molar-refractivity contribution in [3.63, 3.8) is 0 Å². The van der Waals surface area contributed by atoms with Crippen LogP contribution in [-0.4, -0.2) is 22.9 Å². The Hall–Kier alpha value is -3.39. The number of nitrogens with one attached hydrogen (secondary N) is 1. The van der Waals surface area contributed by atoms with E-state index in [-0.39, 0.29) is 11.6 Å². The number of carbonyl (C=O) groups is 1. The van der Waals surface area contributed by atoms with Crippen molar-refractivity contribution in [1.82, 2.24) is 4.98 Å². The van der Waals surface area contributed by atoms with Gasteiger partial charge in [0.2, 0.25) is 0 Å². The molecular formula is C20H17N3O4S. The molecule has 0 aliphatic heterocycles. The molecule has 1 aromatic heterocycles. The fourth-order valence-electron chi connectivity index (χ4n) is 2.47. The minimum atomic E-state index is -0.453. The molecule has 2 aromatic carbocycles. The van der Waals surface area contributed by atoms with Gasteiger partial charge >= 0.3 is 0 Å². The summed E-state index contributed by atoms with van der Waals surface area (Å²) in [5.74, 6) is 0.238. The predicted molar refractivity (Wildman–Crippen MR) is 107 cm³/mol. The number of pyridine rings is 1. The maximum Gasteiger partial charge on any atom is 0.269 e. The van der Waals surface area contributed by atoms with Crippen molar-refractivity contribution < 1.29 is 14.5 Å². The molecule has 0 saturated carbocycles. The molecule has 0 aliphatic rings. The third-order valence-electron chi connectivity index (χ3n) is 3.86. The smallest absolute Gasteiger partial charge is 0.269 e. The summed E-state index contributed by atoms with van der Waals surface area (Å²) in [6.45, 7) is 1.84. The normalized spacial score (nSPS) is 10.4. The molecule has 142 valence electrons. The van der Waals surface area contributed by atoms with E-state index >= 15 is 0 Å². The van der Waals surface area contributed by atoms with Gasteiger partial charge in [0.05, 0.1) is 23.3 Å². The summed E-state index contributed by atoms with van der Waals surface area (Å²) in [5, 5.41) is 14.2. The minimum Gasteiger partial charge on any atom is -0.495 e. The SMILES string of the molecule is COc1ccccc1NC(=O)c1ccc(C)nc1Sc1ccc([N+](=O)[O-])cc1. The number of nitrogens with zero attached hydrogens (tertiary/aromatic N) is 2. The fraction of sp³-hybridized carbons (Fsp3) is 0.100. The molecule has 1 heterocycles. The lowest BCUT2D eigenvalue weighted by Crippen LogP contribution is -2.14. The van der Waals surface area contributed by atoms with Crippen LogP contribution >= 0.6 is 11.8 Å². The second-order valence-corrected chi connectivity index (χ2v) is 6.88. The van der Waals surface area contributed by atoms with Gasteiger partial charge in [-0.1, -0.05) is 23.9 Å². The summed E-state index contributed by atoms with van der Waals surface area (Å²) in [4.78, 5) is 28.4. The Balaban J connectivity index is 1.87. The number of ether oxygens (including phenoxy) is 1. The van der Waals surface area contributed by atoms with Gasteiger partial charge in [-0.25, -0.2) is 4.98 Å². The number of nitro benzene ring substituents is 1. The molecule has 3 aromatic rings. The number of para-hydroxylation sites is 2. The minimum absolute atomic E-state index is 0.00990. The summed E-state index contributed by atoms with van der Waals surface area (Å²) in [6.07, 6.45) is 0. The first-order valence-corrected chi connectivity index (χ1v) is 9.14. The second kappa shape index (κ2) is 8.53. The van der Waals surface area contributed by atoms with Crippen LogP contribution in [0.5, 0.6) is 5.75 Å². The third-order valence-corrected chi connectivity index (χ3v) is 4.87. The van der Waals surface area contributed by atoms with Gasteiger partial charge in [-0.15, -0.1) is 0 Å². The predicted octanol–water partition coefficient (Wildman–Crippen LogP) is 4.71. The van der Waals surface area contributed by atoms with Crippen molar-refractivity contribution in [3.05, 3.63) is 82.0 Å². The lowest BCUT2D eigenvalue weighted by Gasteiger charge is -2.12. The van der Waals surface area contributed by atoms with Crippen LogP contribution < -0.4 is 10.1 Å².